The van der Waals surface area contributed by atoms with Crippen LogP contribution in [0.3, 0.4) is 0 Å². The number of nitrogens with zero attached hydrogens (tertiary/aromatic N) is 2. The third-order valence-electron chi connectivity index (χ3n) is 4.87. The number of hydrogen-bond acceptors (Lipinski definition) is 6. The lowest BCUT2D eigenvalue weighted by atomic mass is 9.82. The minimum absolute atomic E-state index is 0.0197. The quantitative estimate of drug-likeness (QED) is 0.480. The number of β-lactam (4-membered cyclic amide) rings is 1. The zero-order valence-electron chi connectivity index (χ0n) is 14.1. The lowest BCUT2D eigenvalue weighted by molar-refractivity contribution is -0.197. The number of rotatable bonds is 5. The fraction of sp³-hybridized carbons (Fsp3) is 0.800. The Hall–Kier alpha value is -1.71. The van der Waals surface area contributed by atoms with Gasteiger partial charge in [-0.05, 0) is 13.8 Å². The molecule has 0 aliphatic carbocycles. The van der Waals surface area contributed by atoms with E-state index < -0.39 is 41.5 Å². The maximum atomic E-state index is 12.8. The molecular weight excluding hydrogens is 318 g/mol. The summed E-state index contributed by atoms with van der Waals surface area (Å²) in [6, 6.07) is -1.14. The van der Waals surface area contributed by atoms with Crippen molar-refractivity contribution in [3.05, 3.63) is 0 Å². The van der Waals surface area contributed by atoms with E-state index in [-0.39, 0.29) is 25.6 Å². The van der Waals surface area contributed by atoms with Crippen LogP contribution in [0.4, 0.5) is 0 Å². The van der Waals surface area contributed by atoms with Crippen molar-refractivity contribution in [2.45, 2.75) is 44.6 Å². The third kappa shape index (κ3) is 2.87. The van der Waals surface area contributed by atoms with E-state index in [0.717, 1.165) is 0 Å². The Morgan fingerprint density at radius 3 is 2.33 bits per heavy atom. The summed E-state index contributed by atoms with van der Waals surface area (Å²) in [6.07, 6.45) is -1.96. The molecule has 2 fully saturated rings. The smallest absolute Gasteiger partial charge is 0.253 e. The van der Waals surface area contributed by atoms with Crippen molar-refractivity contribution in [2.75, 3.05) is 26.3 Å². The largest absolute Gasteiger partial charge is 0.393 e. The fourth-order valence-corrected chi connectivity index (χ4v) is 3.24. The zero-order chi connectivity index (χ0) is 18.2. The van der Waals surface area contributed by atoms with Crippen LogP contribution in [0.5, 0.6) is 0 Å². The summed E-state index contributed by atoms with van der Waals surface area (Å²) in [6.45, 7) is 5.09. The van der Waals surface area contributed by atoms with Gasteiger partial charge in [-0.3, -0.25) is 14.4 Å². The van der Waals surface area contributed by atoms with Crippen molar-refractivity contribution in [2.24, 2.45) is 11.7 Å². The summed E-state index contributed by atoms with van der Waals surface area (Å²) < 4.78 is 5.38. The van der Waals surface area contributed by atoms with Crippen LogP contribution in [-0.4, -0.2) is 87.8 Å². The highest BCUT2D eigenvalue weighted by molar-refractivity contribution is 6.00. The van der Waals surface area contributed by atoms with E-state index in [1.807, 2.05) is 0 Å². The predicted molar refractivity (Wildman–Crippen MR) is 82.5 cm³/mol. The van der Waals surface area contributed by atoms with E-state index in [9.17, 15) is 24.6 Å². The van der Waals surface area contributed by atoms with Gasteiger partial charge < -0.3 is 30.5 Å². The molecule has 0 bridgehead atoms. The van der Waals surface area contributed by atoms with Gasteiger partial charge >= 0.3 is 0 Å². The van der Waals surface area contributed by atoms with Crippen molar-refractivity contribution in [3.63, 3.8) is 0 Å². The molecule has 1 unspecified atom stereocenters. The van der Waals surface area contributed by atoms with Gasteiger partial charge in [0.1, 0.15) is 6.04 Å². The van der Waals surface area contributed by atoms with Crippen LogP contribution in [0.25, 0.3) is 0 Å². The minimum atomic E-state index is -1.19. The van der Waals surface area contributed by atoms with Crippen molar-refractivity contribution in [1.29, 1.82) is 0 Å². The Bertz CT molecular complexity index is 537. The van der Waals surface area contributed by atoms with E-state index >= 15 is 0 Å². The van der Waals surface area contributed by atoms with E-state index in [4.69, 9.17) is 10.5 Å². The lowest BCUT2D eigenvalue weighted by Gasteiger charge is -2.57. The van der Waals surface area contributed by atoms with Gasteiger partial charge in [0, 0.05) is 6.54 Å². The Morgan fingerprint density at radius 2 is 1.88 bits per heavy atom. The third-order valence-corrected chi connectivity index (χ3v) is 4.87. The van der Waals surface area contributed by atoms with Crippen LogP contribution >= 0.6 is 0 Å². The summed E-state index contributed by atoms with van der Waals surface area (Å²) in [7, 11) is 0. The SMILES string of the molecule is C[C@H](C(=O)N1CCOCC12CN([C@H](C(N)=O)[C@@H](C)O)C2=O)[C@@H](C)O. The second-order valence-electron chi connectivity index (χ2n) is 6.62. The topological polar surface area (TPSA) is 133 Å². The molecule has 4 N–H and O–H groups in total. The van der Waals surface area contributed by atoms with Crippen molar-refractivity contribution < 1.29 is 29.3 Å². The number of primary amides is 1. The van der Waals surface area contributed by atoms with Gasteiger partial charge in [-0.25, -0.2) is 0 Å². The number of amides is 3. The normalized spacial score (nSPS) is 29.0. The van der Waals surface area contributed by atoms with Gasteiger partial charge in [-0.2, -0.15) is 0 Å². The van der Waals surface area contributed by atoms with Crippen LogP contribution < -0.4 is 5.73 Å². The zero-order valence-corrected chi connectivity index (χ0v) is 14.1. The Kier molecular flexibility index (Phi) is 5.17. The molecule has 2 aliphatic heterocycles. The second kappa shape index (κ2) is 6.66. The molecule has 3 amide bonds. The van der Waals surface area contributed by atoms with E-state index in [0.29, 0.717) is 6.61 Å². The number of likely N-dealkylation sites (tertiary alicyclic amines) is 1. The van der Waals surface area contributed by atoms with E-state index in [2.05, 4.69) is 0 Å². The molecule has 2 heterocycles. The molecule has 5 atom stereocenters. The molecule has 0 radical (unpaired) electrons. The summed E-state index contributed by atoms with van der Waals surface area (Å²) >= 11 is 0. The molecule has 24 heavy (non-hydrogen) atoms. The maximum absolute atomic E-state index is 12.8. The van der Waals surface area contributed by atoms with E-state index in [1.165, 1.54) is 23.6 Å². The first-order valence-electron chi connectivity index (χ1n) is 7.99. The summed E-state index contributed by atoms with van der Waals surface area (Å²) in [5.41, 5.74) is 4.08. The number of carbonyl (C=O) groups excluding carboxylic acids is 3. The number of ether oxygens (including phenoxy) is 1. The molecule has 9 nitrogen and oxygen atoms in total. The highest BCUT2D eigenvalue weighted by Crippen LogP contribution is 2.35. The first-order chi connectivity index (χ1) is 11.1. The van der Waals surface area contributed by atoms with Crippen molar-refractivity contribution >= 4 is 17.7 Å². The molecule has 136 valence electrons. The number of carbonyl (C=O) groups is 3. The minimum Gasteiger partial charge on any atom is -0.393 e. The number of morpholine rings is 1. The first-order valence-corrected chi connectivity index (χ1v) is 7.99. The van der Waals surface area contributed by atoms with Crippen LogP contribution in [0, 0.1) is 5.92 Å². The van der Waals surface area contributed by atoms with Crippen molar-refractivity contribution in [3.8, 4) is 0 Å². The second-order valence-corrected chi connectivity index (χ2v) is 6.62. The van der Waals surface area contributed by atoms with Gasteiger partial charge in [-0.1, -0.05) is 6.92 Å². The summed E-state index contributed by atoms with van der Waals surface area (Å²) in [5.74, 6) is -2.28. The Balaban J connectivity index is 2.24. The monoisotopic (exact) mass is 343 g/mol. The molecule has 2 saturated heterocycles. The van der Waals surface area contributed by atoms with Gasteiger partial charge in [0.2, 0.25) is 11.8 Å². The molecular formula is C15H25N3O6. The number of hydrogen-bond donors (Lipinski definition) is 3. The first kappa shape index (κ1) is 18.6. The average Bonchev–Trinajstić information content (AvgIpc) is 2.52. The maximum Gasteiger partial charge on any atom is 0.253 e. The summed E-state index contributed by atoms with van der Waals surface area (Å²) in [5, 5.41) is 19.4. The lowest BCUT2D eigenvalue weighted by Crippen LogP contribution is -2.82. The highest BCUT2D eigenvalue weighted by Gasteiger charge is 2.62. The predicted octanol–water partition coefficient (Wildman–Crippen LogP) is -2.32. The molecule has 2 rings (SSSR count). The molecule has 2 aliphatic rings. The van der Waals surface area contributed by atoms with Crippen molar-refractivity contribution in [1.82, 2.24) is 9.80 Å². The molecule has 0 saturated carbocycles. The number of nitrogens with two attached hydrogens (primary N) is 1. The van der Waals surface area contributed by atoms with Crippen LogP contribution in [-0.2, 0) is 19.1 Å². The number of aliphatic hydroxyl groups excluding tert-OH is 2. The Labute approximate surface area is 140 Å². The summed E-state index contributed by atoms with van der Waals surface area (Å²) in [4.78, 5) is 39.5. The standard InChI is InChI=1S/C15H25N3O6/c1-8(9(2)19)13(22)18-4-5-24-7-15(18)6-17(14(15)23)11(10(3)20)12(16)21/h8-11,19-20H,4-7H2,1-3H3,(H2,16,21)/t8-,9+,10+,11-,15?/m0/s1. The Morgan fingerprint density at radius 1 is 1.25 bits per heavy atom. The van der Waals surface area contributed by atoms with Gasteiger partial charge in [0.25, 0.3) is 5.91 Å². The molecule has 0 aromatic rings. The van der Waals surface area contributed by atoms with Crippen LogP contribution in [0.15, 0.2) is 0 Å². The van der Waals surface area contributed by atoms with Gasteiger partial charge in [0.15, 0.2) is 5.54 Å². The van der Waals surface area contributed by atoms with Crippen LogP contribution in [0.1, 0.15) is 20.8 Å². The van der Waals surface area contributed by atoms with Crippen LogP contribution in [0.2, 0.25) is 0 Å². The number of aliphatic hydroxyl groups is 2. The molecule has 0 aromatic heterocycles. The fourth-order valence-electron chi connectivity index (χ4n) is 3.24. The van der Waals surface area contributed by atoms with Gasteiger partial charge in [-0.15, -0.1) is 0 Å². The molecule has 1 spiro atoms. The van der Waals surface area contributed by atoms with E-state index in [1.54, 1.807) is 6.92 Å². The highest BCUT2D eigenvalue weighted by atomic mass is 16.5. The molecule has 0 aromatic carbocycles. The molecule has 9 heteroatoms. The average molecular weight is 343 g/mol. The van der Waals surface area contributed by atoms with Gasteiger partial charge in [0.05, 0.1) is 37.9 Å².